The Labute approximate surface area is 80.2 Å². The molecule has 0 aromatic heterocycles. The van der Waals surface area contributed by atoms with Crippen LogP contribution in [0.4, 0.5) is 8.78 Å². The van der Waals surface area contributed by atoms with E-state index in [-0.39, 0.29) is 17.5 Å². The molecule has 4 heteroatoms. The fourth-order valence-corrected chi connectivity index (χ4v) is 1.27. The van der Waals surface area contributed by atoms with Gasteiger partial charge < -0.3 is 5.11 Å². The average Bonchev–Trinajstić information content (AvgIpc) is 2.01. The summed E-state index contributed by atoms with van der Waals surface area (Å²) in [5.74, 6) is -4.10. The number of carboxylic acid groups (broad SMARTS) is 1. The number of carboxylic acids is 1. The molecule has 0 aliphatic heterocycles. The summed E-state index contributed by atoms with van der Waals surface area (Å²) in [5.41, 5.74) is -0.0603. The van der Waals surface area contributed by atoms with Crippen LogP contribution in [0, 0.1) is 0 Å². The Kier molecular flexibility index (Phi) is 2.84. The average molecular weight is 200 g/mol. The van der Waals surface area contributed by atoms with E-state index in [1.807, 2.05) is 0 Å². The van der Waals surface area contributed by atoms with Crippen LogP contribution in [0.15, 0.2) is 24.3 Å². The van der Waals surface area contributed by atoms with Crippen molar-refractivity contribution in [1.29, 1.82) is 0 Å². The van der Waals surface area contributed by atoms with Gasteiger partial charge in [-0.2, -0.15) is 0 Å². The van der Waals surface area contributed by atoms with E-state index in [9.17, 15) is 13.6 Å². The first kappa shape index (κ1) is 10.6. The third-order valence-electron chi connectivity index (χ3n) is 1.83. The van der Waals surface area contributed by atoms with Crippen LogP contribution >= 0.6 is 0 Å². The van der Waals surface area contributed by atoms with E-state index in [0.717, 1.165) is 6.92 Å². The van der Waals surface area contributed by atoms with Crippen molar-refractivity contribution in [3.8, 4) is 0 Å². The highest BCUT2D eigenvalue weighted by molar-refractivity contribution is 5.70. The molecule has 1 aromatic rings. The van der Waals surface area contributed by atoms with E-state index in [2.05, 4.69) is 0 Å². The normalized spacial score (nSPS) is 11.4. The predicted octanol–water partition coefficient (Wildman–Crippen LogP) is 2.43. The molecule has 0 fully saturated rings. The first-order valence-electron chi connectivity index (χ1n) is 4.09. The Morgan fingerprint density at radius 2 is 2.00 bits per heavy atom. The molecule has 0 aliphatic carbocycles. The van der Waals surface area contributed by atoms with Crippen LogP contribution < -0.4 is 0 Å². The molecule has 1 rings (SSSR count). The molecule has 1 aromatic carbocycles. The van der Waals surface area contributed by atoms with Crippen molar-refractivity contribution >= 4 is 5.97 Å². The van der Waals surface area contributed by atoms with Gasteiger partial charge in [0.05, 0.1) is 6.42 Å². The zero-order valence-electron chi connectivity index (χ0n) is 7.63. The Balaban J connectivity index is 3.10. The van der Waals surface area contributed by atoms with Gasteiger partial charge in [0.1, 0.15) is 0 Å². The smallest absolute Gasteiger partial charge is 0.307 e. The van der Waals surface area contributed by atoms with Crippen LogP contribution in [0.1, 0.15) is 18.1 Å². The molecule has 1 N–H and O–H groups in total. The van der Waals surface area contributed by atoms with Gasteiger partial charge in [0.15, 0.2) is 0 Å². The van der Waals surface area contributed by atoms with Gasteiger partial charge in [0.25, 0.3) is 5.92 Å². The third-order valence-corrected chi connectivity index (χ3v) is 1.83. The third kappa shape index (κ3) is 2.52. The van der Waals surface area contributed by atoms with Gasteiger partial charge >= 0.3 is 5.97 Å². The number of benzene rings is 1. The fourth-order valence-electron chi connectivity index (χ4n) is 1.27. The largest absolute Gasteiger partial charge is 0.481 e. The molecule has 76 valence electrons. The van der Waals surface area contributed by atoms with Crippen LogP contribution in [-0.2, 0) is 17.1 Å². The van der Waals surface area contributed by atoms with Crippen molar-refractivity contribution in [3.63, 3.8) is 0 Å². The van der Waals surface area contributed by atoms with Crippen LogP contribution in [0.5, 0.6) is 0 Å². The van der Waals surface area contributed by atoms with Crippen molar-refractivity contribution < 1.29 is 18.7 Å². The SMILES string of the molecule is CC(F)(F)c1ccccc1CC(=O)O. The summed E-state index contributed by atoms with van der Waals surface area (Å²) in [6.45, 7) is 0.758. The first-order chi connectivity index (χ1) is 6.41. The Hall–Kier alpha value is -1.45. The second kappa shape index (κ2) is 3.74. The molecule has 0 aliphatic rings. The van der Waals surface area contributed by atoms with Crippen LogP contribution in [0.25, 0.3) is 0 Å². The molecule has 0 spiro atoms. The van der Waals surface area contributed by atoms with Crippen LogP contribution in [0.3, 0.4) is 0 Å². The molecule has 0 bridgehead atoms. The van der Waals surface area contributed by atoms with E-state index >= 15 is 0 Å². The molecule has 0 unspecified atom stereocenters. The van der Waals surface area contributed by atoms with Crippen molar-refractivity contribution in [2.45, 2.75) is 19.3 Å². The molecular weight excluding hydrogens is 190 g/mol. The van der Waals surface area contributed by atoms with Crippen molar-refractivity contribution in [2.24, 2.45) is 0 Å². The molecule has 14 heavy (non-hydrogen) atoms. The highest BCUT2D eigenvalue weighted by Gasteiger charge is 2.27. The molecule has 0 heterocycles. The van der Waals surface area contributed by atoms with Gasteiger partial charge in [-0.3, -0.25) is 4.79 Å². The number of carbonyl (C=O) groups is 1. The molecule has 0 atom stereocenters. The molecule has 0 amide bonds. The second-order valence-electron chi connectivity index (χ2n) is 3.12. The van der Waals surface area contributed by atoms with Crippen molar-refractivity contribution in [2.75, 3.05) is 0 Å². The minimum Gasteiger partial charge on any atom is -0.481 e. The van der Waals surface area contributed by atoms with Gasteiger partial charge in [0.2, 0.25) is 0 Å². The number of halogens is 2. The number of rotatable bonds is 3. The summed E-state index contributed by atoms with van der Waals surface area (Å²) in [6, 6.07) is 5.67. The monoisotopic (exact) mass is 200 g/mol. The second-order valence-corrected chi connectivity index (χ2v) is 3.12. The quantitative estimate of drug-likeness (QED) is 0.813. The minimum absolute atomic E-state index is 0.160. The highest BCUT2D eigenvalue weighted by Crippen LogP contribution is 2.29. The van der Waals surface area contributed by atoms with Crippen LogP contribution in [0.2, 0.25) is 0 Å². The van der Waals surface area contributed by atoms with E-state index in [1.165, 1.54) is 18.2 Å². The lowest BCUT2D eigenvalue weighted by atomic mass is 10.0. The summed E-state index contributed by atoms with van der Waals surface area (Å²) in [6.07, 6.45) is -0.375. The molecule has 2 nitrogen and oxygen atoms in total. The standard InChI is InChI=1S/C10H10F2O2/c1-10(11,12)8-5-3-2-4-7(8)6-9(13)14/h2-5H,6H2,1H3,(H,13,14). The zero-order valence-corrected chi connectivity index (χ0v) is 7.63. The summed E-state index contributed by atoms with van der Waals surface area (Å²) in [5, 5.41) is 8.51. The predicted molar refractivity (Wildman–Crippen MR) is 47.3 cm³/mol. The van der Waals surface area contributed by atoms with Gasteiger partial charge in [-0.15, -0.1) is 0 Å². The molecule has 0 saturated carbocycles. The molecule has 0 radical (unpaired) electrons. The van der Waals surface area contributed by atoms with Crippen molar-refractivity contribution in [3.05, 3.63) is 35.4 Å². The van der Waals surface area contributed by atoms with Gasteiger partial charge in [-0.05, 0) is 5.56 Å². The summed E-state index contributed by atoms with van der Waals surface area (Å²) in [7, 11) is 0. The Bertz CT molecular complexity index is 342. The molecular formula is C10H10F2O2. The number of hydrogen-bond acceptors (Lipinski definition) is 1. The zero-order chi connectivity index (χ0) is 10.8. The summed E-state index contributed by atoms with van der Waals surface area (Å²) in [4.78, 5) is 10.4. The Morgan fingerprint density at radius 3 is 2.50 bits per heavy atom. The number of hydrogen-bond donors (Lipinski definition) is 1. The maximum Gasteiger partial charge on any atom is 0.307 e. The summed E-state index contributed by atoms with van der Waals surface area (Å²) < 4.78 is 25.9. The van der Waals surface area contributed by atoms with Gasteiger partial charge in [0, 0.05) is 12.5 Å². The minimum atomic E-state index is -2.99. The summed E-state index contributed by atoms with van der Waals surface area (Å²) >= 11 is 0. The van der Waals surface area contributed by atoms with E-state index in [0.29, 0.717) is 0 Å². The number of aliphatic carboxylic acids is 1. The van der Waals surface area contributed by atoms with E-state index in [4.69, 9.17) is 5.11 Å². The maximum absolute atomic E-state index is 13.0. The lowest BCUT2D eigenvalue weighted by Gasteiger charge is -2.14. The number of alkyl halides is 2. The topological polar surface area (TPSA) is 37.3 Å². The van der Waals surface area contributed by atoms with Gasteiger partial charge in [-0.25, -0.2) is 8.78 Å². The Morgan fingerprint density at radius 1 is 1.43 bits per heavy atom. The fraction of sp³-hybridized carbons (Fsp3) is 0.300. The lowest BCUT2D eigenvalue weighted by Crippen LogP contribution is -2.13. The lowest BCUT2D eigenvalue weighted by molar-refractivity contribution is -0.136. The van der Waals surface area contributed by atoms with Gasteiger partial charge in [-0.1, -0.05) is 24.3 Å². The van der Waals surface area contributed by atoms with Crippen molar-refractivity contribution in [1.82, 2.24) is 0 Å². The van der Waals surface area contributed by atoms with E-state index < -0.39 is 11.9 Å². The van der Waals surface area contributed by atoms with E-state index in [1.54, 1.807) is 6.07 Å². The van der Waals surface area contributed by atoms with Crippen LogP contribution in [-0.4, -0.2) is 11.1 Å². The highest BCUT2D eigenvalue weighted by atomic mass is 19.3. The first-order valence-corrected chi connectivity index (χ1v) is 4.09. The maximum atomic E-state index is 13.0. The molecule has 0 saturated heterocycles.